The summed E-state index contributed by atoms with van der Waals surface area (Å²) in [6.07, 6.45) is 4.34. The fraction of sp³-hybridized carbons (Fsp3) is 0.481. The van der Waals surface area contributed by atoms with Crippen molar-refractivity contribution in [3.05, 3.63) is 94.3 Å². The topological polar surface area (TPSA) is 221 Å². The van der Waals surface area contributed by atoms with E-state index in [4.69, 9.17) is 4.74 Å². The van der Waals surface area contributed by atoms with Crippen molar-refractivity contribution in [1.82, 2.24) is 25.3 Å². The van der Waals surface area contributed by atoms with Crippen molar-refractivity contribution in [3.8, 4) is 0 Å². The number of imide groups is 3. The number of unbranched alkanes of at least 4 members (excludes halogenated alkanes) is 8. The molecular formula is C52H59F4N7O10. The number of alkyl halides is 3. The number of nitrogens with one attached hydrogen (secondary N) is 4. The maximum Gasteiger partial charge on any atom is 0.418 e. The predicted molar refractivity (Wildman–Crippen MR) is 256 cm³/mol. The molecule has 0 aromatic heterocycles. The van der Waals surface area contributed by atoms with Gasteiger partial charge in [-0.2, -0.15) is 13.2 Å². The van der Waals surface area contributed by atoms with Crippen LogP contribution in [0.1, 0.15) is 141 Å². The van der Waals surface area contributed by atoms with Crippen molar-refractivity contribution in [2.24, 2.45) is 0 Å². The van der Waals surface area contributed by atoms with Crippen molar-refractivity contribution in [2.75, 3.05) is 30.3 Å². The first kappa shape index (κ1) is 53.6. The van der Waals surface area contributed by atoms with Gasteiger partial charge in [-0.1, -0.05) is 63.1 Å². The molecule has 3 heterocycles. The monoisotopic (exact) mass is 1020 g/mol. The highest BCUT2D eigenvalue weighted by molar-refractivity contribution is 6.23. The largest absolute Gasteiger partial charge is 0.427 e. The number of carbonyl (C=O) groups excluding carboxylic acids is 9. The van der Waals surface area contributed by atoms with Crippen LogP contribution in [-0.4, -0.2) is 106 Å². The summed E-state index contributed by atoms with van der Waals surface area (Å²) in [5, 5.41) is 11.2. The molecule has 3 atom stereocenters. The van der Waals surface area contributed by atoms with Gasteiger partial charge in [0.05, 0.1) is 11.1 Å². The zero-order valence-corrected chi connectivity index (χ0v) is 40.5. The molecule has 0 radical (unpaired) electrons. The number of fused-ring (bicyclic) bond motifs is 3. The molecule has 390 valence electrons. The minimum atomic E-state index is -4.84. The number of benzene rings is 3. The Labute approximate surface area is 419 Å². The van der Waals surface area contributed by atoms with Crippen molar-refractivity contribution in [1.29, 1.82) is 0 Å². The lowest BCUT2D eigenvalue weighted by Crippen LogP contribution is -2.54. The summed E-state index contributed by atoms with van der Waals surface area (Å²) in [7, 11) is 0. The molecule has 7 rings (SSSR count). The summed E-state index contributed by atoms with van der Waals surface area (Å²) < 4.78 is 60.5. The average Bonchev–Trinajstić information content (AvgIpc) is 3.92. The summed E-state index contributed by atoms with van der Waals surface area (Å²) >= 11 is 0. The Hall–Kier alpha value is -7.19. The summed E-state index contributed by atoms with van der Waals surface area (Å²) in [6.45, 7) is 0.229. The van der Waals surface area contributed by atoms with Crippen LogP contribution in [0, 0.1) is 5.82 Å². The minimum absolute atomic E-state index is 0.0190. The molecule has 2 saturated heterocycles. The molecule has 0 bridgehead atoms. The van der Waals surface area contributed by atoms with Crippen LogP contribution < -0.4 is 21.3 Å². The second-order valence-electron chi connectivity index (χ2n) is 18.9. The van der Waals surface area contributed by atoms with Gasteiger partial charge in [-0.3, -0.25) is 48.6 Å². The van der Waals surface area contributed by atoms with E-state index in [2.05, 4.69) is 21.3 Å². The van der Waals surface area contributed by atoms with E-state index in [0.717, 1.165) is 81.7 Å². The fourth-order valence-corrected chi connectivity index (χ4v) is 9.61. The normalized spacial score (nSPS) is 18.7. The molecule has 17 nitrogen and oxygen atoms in total. The standard InChI is InChI=1S/C52H59F4N7O10/c1-32(52(54,55)56)61(30-33-14-16-35(53)17-15-33)45(67)31-62-49(71)51(73-50(62)72)25-24-34-28-37(19-21-40(34)51)59-43(65)13-11-27-58-42(64)12-9-7-5-3-2-4-6-8-10-26-57-36-18-20-38-39(29-36)48(70)63(47(38)69)41-22-23-44(66)60-46(41)68/h14-21,28-29,32,41,57H,2-13,22-27,30-31H2,1H3,(H,58,64)(H,59,65)(H,60,66,68)/t32-,41?,51+/m0/s1. The molecule has 21 heteroatoms. The van der Waals surface area contributed by atoms with E-state index in [0.29, 0.717) is 58.2 Å². The van der Waals surface area contributed by atoms with Crippen molar-refractivity contribution in [2.45, 2.75) is 140 Å². The van der Waals surface area contributed by atoms with Crippen LogP contribution in [0.5, 0.6) is 0 Å². The van der Waals surface area contributed by atoms with Crippen LogP contribution in [0.4, 0.5) is 33.7 Å². The van der Waals surface area contributed by atoms with Gasteiger partial charge in [-0.15, -0.1) is 0 Å². The molecule has 3 aromatic rings. The zero-order chi connectivity index (χ0) is 52.5. The van der Waals surface area contributed by atoms with Crippen LogP contribution >= 0.6 is 0 Å². The Morgan fingerprint density at radius 1 is 0.781 bits per heavy atom. The number of anilines is 2. The smallest absolute Gasteiger partial charge is 0.418 e. The molecule has 3 aliphatic heterocycles. The van der Waals surface area contributed by atoms with E-state index < -0.39 is 84.3 Å². The predicted octanol–water partition coefficient (Wildman–Crippen LogP) is 7.17. The first-order valence-corrected chi connectivity index (χ1v) is 24.8. The highest BCUT2D eigenvalue weighted by atomic mass is 19.4. The SMILES string of the molecule is C[C@H](N(Cc1ccc(F)cc1)C(=O)CN1C(=O)O[C@@]2(CCc3cc(NC(=O)CCCNC(=O)CCCCCCCCCCCNc4ccc5c(c4)C(=O)N(C4CCC(=O)NC4=O)C5=O)ccc32)C1=O)C(F)(F)F. The van der Waals surface area contributed by atoms with E-state index in [1.165, 1.54) is 24.3 Å². The number of nitrogens with zero attached hydrogens (tertiary/aromatic N) is 3. The third-order valence-electron chi connectivity index (χ3n) is 13.7. The Morgan fingerprint density at radius 3 is 2.14 bits per heavy atom. The molecule has 1 unspecified atom stereocenters. The van der Waals surface area contributed by atoms with Crippen LogP contribution in [0.15, 0.2) is 60.7 Å². The van der Waals surface area contributed by atoms with Crippen LogP contribution in [0.3, 0.4) is 0 Å². The number of halogens is 4. The summed E-state index contributed by atoms with van der Waals surface area (Å²) in [5.41, 5.74) is 0.983. The number of hydrogen-bond donors (Lipinski definition) is 4. The third-order valence-corrected chi connectivity index (χ3v) is 13.7. The molecule has 1 spiro atoms. The number of ether oxygens (including phenoxy) is 1. The minimum Gasteiger partial charge on any atom is -0.427 e. The number of amides is 9. The first-order valence-electron chi connectivity index (χ1n) is 24.8. The molecule has 9 amide bonds. The van der Waals surface area contributed by atoms with E-state index in [9.17, 15) is 60.7 Å². The third kappa shape index (κ3) is 12.9. The van der Waals surface area contributed by atoms with Gasteiger partial charge in [-0.05, 0) is 92.6 Å². The molecule has 3 aromatic carbocycles. The van der Waals surface area contributed by atoms with E-state index >= 15 is 0 Å². The quantitative estimate of drug-likeness (QED) is 0.0400. The molecule has 0 saturated carbocycles. The molecular weight excluding hydrogens is 959 g/mol. The molecule has 4 N–H and O–H groups in total. The molecule has 1 aliphatic carbocycles. The van der Waals surface area contributed by atoms with E-state index in [-0.39, 0.29) is 60.6 Å². The number of hydrogen-bond acceptors (Lipinski definition) is 11. The van der Waals surface area contributed by atoms with Crippen molar-refractivity contribution < 1.29 is 65.4 Å². The maximum atomic E-state index is 13.8. The van der Waals surface area contributed by atoms with Gasteiger partial charge in [0.25, 0.3) is 17.7 Å². The maximum absolute atomic E-state index is 13.8. The lowest BCUT2D eigenvalue weighted by molar-refractivity contribution is -0.187. The van der Waals surface area contributed by atoms with Gasteiger partial charge >= 0.3 is 12.3 Å². The Balaban J connectivity index is 0.725. The van der Waals surface area contributed by atoms with Crippen LogP contribution in [0.2, 0.25) is 0 Å². The second-order valence-corrected chi connectivity index (χ2v) is 18.9. The highest BCUT2D eigenvalue weighted by Crippen LogP contribution is 2.46. The Kier molecular flexibility index (Phi) is 17.3. The van der Waals surface area contributed by atoms with Gasteiger partial charge < -0.3 is 25.6 Å². The number of piperidine rings is 1. The van der Waals surface area contributed by atoms with Crippen molar-refractivity contribution >= 4 is 64.7 Å². The van der Waals surface area contributed by atoms with Crippen LogP contribution in [-0.2, 0) is 52.1 Å². The summed E-state index contributed by atoms with van der Waals surface area (Å²) in [6, 6.07) is 10.9. The number of aryl methyl sites for hydroxylation is 1. The highest BCUT2D eigenvalue weighted by Gasteiger charge is 2.59. The first-order chi connectivity index (χ1) is 34.9. The summed E-state index contributed by atoms with van der Waals surface area (Å²) in [5.74, 6) is -5.19. The van der Waals surface area contributed by atoms with Crippen molar-refractivity contribution in [3.63, 3.8) is 0 Å². The molecule has 4 aliphatic rings. The number of carbonyl (C=O) groups is 9. The Morgan fingerprint density at radius 2 is 1.44 bits per heavy atom. The zero-order valence-electron chi connectivity index (χ0n) is 40.5. The lowest BCUT2D eigenvalue weighted by Gasteiger charge is -2.31. The van der Waals surface area contributed by atoms with E-state index in [1.54, 1.807) is 24.3 Å². The molecule has 73 heavy (non-hydrogen) atoms. The second kappa shape index (κ2) is 23.6. The Bertz CT molecular complexity index is 2630. The van der Waals surface area contributed by atoms with Gasteiger partial charge in [0.1, 0.15) is 24.4 Å². The van der Waals surface area contributed by atoms with Crippen LogP contribution in [0.25, 0.3) is 0 Å². The fourth-order valence-electron chi connectivity index (χ4n) is 9.61. The number of rotatable bonds is 24. The van der Waals surface area contributed by atoms with Gasteiger partial charge in [0, 0.05) is 62.3 Å². The summed E-state index contributed by atoms with van der Waals surface area (Å²) in [4.78, 5) is 117. The van der Waals surface area contributed by atoms with Gasteiger partial charge in [0.2, 0.25) is 35.1 Å². The molecule has 2 fully saturated rings. The lowest BCUT2D eigenvalue weighted by atomic mass is 9.94. The van der Waals surface area contributed by atoms with E-state index in [1.807, 2.05) is 0 Å². The average molecular weight is 1020 g/mol. The van der Waals surface area contributed by atoms with Gasteiger partial charge in [-0.25, -0.2) is 14.1 Å². The van der Waals surface area contributed by atoms with Gasteiger partial charge in [0.15, 0.2) is 0 Å².